The number of thioether (sulfide) groups is 1. The van der Waals surface area contributed by atoms with Crippen molar-refractivity contribution in [2.75, 3.05) is 5.75 Å². The van der Waals surface area contributed by atoms with Gasteiger partial charge < -0.3 is 5.11 Å². The summed E-state index contributed by atoms with van der Waals surface area (Å²) in [6, 6.07) is 5.28. The number of hydrogen-bond donors (Lipinski definition) is 1. The molecular weight excluding hydrogens is 248 g/mol. The summed E-state index contributed by atoms with van der Waals surface area (Å²) in [6.45, 7) is 0. The molecule has 1 atom stereocenters. The highest BCUT2D eigenvalue weighted by Crippen LogP contribution is 2.29. The van der Waals surface area contributed by atoms with Crippen molar-refractivity contribution in [2.45, 2.75) is 24.5 Å². The average molecular weight is 262 g/mol. The molecular formula is C13H14N2O2S. The minimum absolute atomic E-state index is 0.294. The van der Waals surface area contributed by atoms with E-state index in [4.69, 9.17) is 0 Å². The van der Waals surface area contributed by atoms with Crippen molar-refractivity contribution in [1.82, 2.24) is 9.38 Å². The van der Waals surface area contributed by atoms with E-state index in [1.54, 1.807) is 22.7 Å². The largest absolute Gasteiger partial charge is 0.477 e. The number of fused-ring (bicyclic) bond motifs is 1. The van der Waals surface area contributed by atoms with Gasteiger partial charge in [0.25, 0.3) is 0 Å². The van der Waals surface area contributed by atoms with Gasteiger partial charge in [0.05, 0.1) is 11.7 Å². The Morgan fingerprint density at radius 2 is 2.44 bits per heavy atom. The van der Waals surface area contributed by atoms with E-state index >= 15 is 0 Å². The molecule has 1 aliphatic rings. The summed E-state index contributed by atoms with van der Waals surface area (Å²) >= 11 is 1.96. The number of aromatic carboxylic acids is 1. The first kappa shape index (κ1) is 11.6. The molecule has 2 aromatic heterocycles. The lowest BCUT2D eigenvalue weighted by atomic mass is 10.2. The van der Waals surface area contributed by atoms with Crippen LogP contribution >= 0.6 is 11.8 Å². The molecule has 2 aromatic rings. The van der Waals surface area contributed by atoms with Crippen molar-refractivity contribution in [2.24, 2.45) is 0 Å². The van der Waals surface area contributed by atoms with Crippen LogP contribution in [-0.2, 0) is 6.42 Å². The molecule has 1 fully saturated rings. The van der Waals surface area contributed by atoms with Crippen LogP contribution in [0.4, 0.5) is 0 Å². The zero-order valence-electron chi connectivity index (χ0n) is 9.87. The van der Waals surface area contributed by atoms with Crippen LogP contribution in [0.5, 0.6) is 0 Å². The molecule has 94 valence electrons. The highest BCUT2D eigenvalue weighted by atomic mass is 32.2. The van der Waals surface area contributed by atoms with Crippen molar-refractivity contribution in [3.63, 3.8) is 0 Å². The highest BCUT2D eigenvalue weighted by molar-refractivity contribution is 8.00. The predicted octanol–water partition coefficient (Wildman–Crippen LogP) is 2.47. The van der Waals surface area contributed by atoms with E-state index in [0.29, 0.717) is 10.9 Å². The maximum atomic E-state index is 11.2. The monoisotopic (exact) mass is 262 g/mol. The molecule has 1 saturated heterocycles. The SMILES string of the molecule is O=C(O)c1cccc2cnc(CC3CCCS3)n12. The molecule has 0 aromatic carbocycles. The van der Waals surface area contributed by atoms with Gasteiger partial charge in [-0.05, 0) is 30.7 Å². The lowest BCUT2D eigenvalue weighted by molar-refractivity contribution is 0.0688. The van der Waals surface area contributed by atoms with Crippen molar-refractivity contribution >= 4 is 23.2 Å². The molecule has 0 radical (unpaired) electrons. The minimum Gasteiger partial charge on any atom is -0.477 e. The molecule has 4 nitrogen and oxygen atoms in total. The Bertz CT molecular complexity index is 588. The molecule has 3 heterocycles. The van der Waals surface area contributed by atoms with Gasteiger partial charge in [-0.2, -0.15) is 11.8 Å². The van der Waals surface area contributed by atoms with Gasteiger partial charge in [-0.3, -0.25) is 4.40 Å². The molecule has 0 aliphatic carbocycles. The molecule has 18 heavy (non-hydrogen) atoms. The van der Waals surface area contributed by atoms with E-state index in [-0.39, 0.29) is 0 Å². The maximum absolute atomic E-state index is 11.2. The van der Waals surface area contributed by atoms with Crippen molar-refractivity contribution in [3.8, 4) is 0 Å². The zero-order valence-corrected chi connectivity index (χ0v) is 10.7. The fourth-order valence-electron chi connectivity index (χ4n) is 2.43. The normalized spacial score (nSPS) is 19.4. The highest BCUT2D eigenvalue weighted by Gasteiger charge is 2.20. The van der Waals surface area contributed by atoms with Gasteiger partial charge >= 0.3 is 5.97 Å². The Kier molecular flexibility index (Phi) is 2.99. The Morgan fingerprint density at radius 3 is 3.17 bits per heavy atom. The predicted molar refractivity (Wildman–Crippen MR) is 71.3 cm³/mol. The van der Waals surface area contributed by atoms with E-state index in [0.717, 1.165) is 17.8 Å². The first-order valence-corrected chi connectivity index (χ1v) is 7.11. The van der Waals surface area contributed by atoms with Crippen LogP contribution in [0.15, 0.2) is 24.4 Å². The molecule has 3 rings (SSSR count). The number of rotatable bonds is 3. The van der Waals surface area contributed by atoms with Gasteiger partial charge in [0, 0.05) is 11.7 Å². The van der Waals surface area contributed by atoms with Crippen LogP contribution in [0.25, 0.3) is 5.52 Å². The van der Waals surface area contributed by atoms with Crippen molar-refractivity contribution in [1.29, 1.82) is 0 Å². The van der Waals surface area contributed by atoms with E-state index in [1.165, 1.54) is 18.6 Å². The Balaban J connectivity index is 2.03. The molecule has 0 amide bonds. The first-order chi connectivity index (χ1) is 8.75. The fourth-order valence-corrected chi connectivity index (χ4v) is 3.70. The fraction of sp³-hybridized carbons (Fsp3) is 0.385. The summed E-state index contributed by atoms with van der Waals surface area (Å²) in [5.74, 6) is 1.17. The summed E-state index contributed by atoms with van der Waals surface area (Å²) in [5, 5.41) is 9.81. The summed E-state index contributed by atoms with van der Waals surface area (Å²) in [6.07, 6.45) is 5.06. The lowest BCUT2D eigenvalue weighted by Crippen LogP contribution is -2.11. The second-order valence-electron chi connectivity index (χ2n) is 4.49. The third kappa shape index (κ3) is 1.99. The minimum atomic E-state index is -0.904. The molecule has 5 heteroatoms. The summed E-state index contributed by atoms with van der Waals surface area (Å²) < 4.78 is 1.77. The smallest absolute Gasteiger partial charge is 0.352 e. The van der Waals surface area contributed by atoms with Crippen molar-refractivity contribution < 1.29 is 9.90 Å². The van der Waals surface area contributed by atoms with Crippen LogP contribution < -0.4 is 0 Å². The van der Waals surface area contributed by atoms with Crippen LogP contribution in [0.2, 0.25) is 0 Å². The molecule has 0 bridgehead atoms. The van der Waals surface area contributed by atoms with E-state index in [2.05, 4.69) is 4.98 Å². The van der Waals surface area contributed by atoms with Gasteiger partial charge in [0.2, 0.25) is 0 Å². The average Bonchev–Trinajstić information content (AvgIpc) is 2.99. The van der Waals surface area contributed by atoms with Gasteiger partial charge in [-0.15, -0.1) is 0 Å². The van der Waals surface area contributed by atoms with E-state index in [1.807, 2.05) is 17.8 Å². The lowest BCUT2D eigenvalue weighted by Gasteiger charge is -2.09. The number of aromatic nitrogens is 2. The number of imidazole rings is 1. The van der Waals surface area contributed by atoms with Gasteiger partial charge in [-0.25, -0.2) is 9.78 Å². The maximum Gasteiger partial charge on any atom is 0.352 e. The van der Waals surface area contributed by atoms with Crippen LogP contribution in [0.1, 0.15) is 29.2 Å². The quantitative estimate of drug-likeness (QED) is 0.923. The summed E-state index contributed by atoms with van der Waals surface area (Å²) in [7, 11) is 0. The number of carboxylic acid groups (broad SMARTS) is 1. The van der Waals surface area contributed by atoms with Gasteiger partial charge in [0.1, 0.15) is 11.5 Å². The molecule has 1 unspecified atom stereocenters. The molecule has 1 aliphatic heterocycles. The second kappa shape index (κ2) is 4.65. The molecule has 0 saturated carbocycles. The topological polar surface area (TPSA) is 54.6 Å². The number of pyridine rings is 1. The third-order valence-electron chi connectivity index (χ3n) is 3.28. The molecule has 1 N–H and O–H groups in total. The number of hydrogen-bond acceptors (Lipinski definition) is 3. The van der Waals surface area contributed by atoms with Crippen LogP contribution in [-0.4, -0.2) is 31.5 Å². The van der Waals surface area contributed by atoms with E-state index < -0.39 is 5.97 Å². The van der Waals surface area contributed by atoms with Crippen LogP contribution in [0, 0.1) is 0 Å². The van der Waals surface area contributed by atoms with E-state index in [9.17, 15) is 9.90 Å². The first-order valence-electron chi connectivity index (χ1n) is 6.06. The Morgan fingerprint density at radius 1 is 1.56 bits per heavy atom. The second-order valence-corrected chi connectivity index (χ2v) is 5.90. The Labute approximate surface area is 109 Å². The van der Waals surface area contributed by atoms with Gasteiger partial charge in [-0.1, -0.05) is 6.07 Å². The van der Waals surface area contributed by atoms with Gasteiger partial charge in [0.15, 0.2) is 0 Å². The number of carboxylic acids is 1. The summed E-state index contributed by atoms with van der Waals surface area (Å²) in [5.41, 5.74) is 1.15. The van der Waals surface area contributed by atoms with Crippen LogP contribution in [0.3, 0.4) is 0 Å². The Hall–Kier alpha value is -1.49. The standard InChI is InChI=1S/C13H14N2O2S/c16-13(17)11-5-1-3-9-8-14-12(15(9)11)7-10-4-2-6-18-10/h1,3,5,8,10H,2,4,6-7H2,(H,16,17). The third-order valence-corrected chi connectivity index (χ3v) is 4.68. The molecule has 0 spiro atoms. The number of nitrogens with zero attached hydrogens (tertiary/aromatic N) is 2. The number of carbonyl (C=O) groups is 1. The van der Waals surface area contributed by atoms with Crippen molar-refractivity contribution in [3.05, 3.63) is 35.9 Å². The summed E-state index contributed by atoms with van der Waals surface area (Å²) in [4.78, 5) is 15.6. The zero-order chi connectivity index (χ0) is 12.5.